The topological polar surface area (TPSA) is 89.0 Å². The number of aromatic nitrogens is 1. The Hall–Kier alpha value is -4.17. The molecule has 5 rings (SSSR count). The van der Waals surface area contributed by atoms with Crippen LogP contribution in [0, 0.1) is 6.92 Å². The number of aliphatic hydroxyl groups is 1. The summed E-state index contributed by atoms with van der Waals surface area (Å²) in [7, 11) is 1.54. The van der Waals surface area contributed by atoms with Crippen molar-refractivity contribution in [3.8, 4) is 11.5 Å². The maximum absolute atomic E-state index is 13.5. The van der Waals surface area contributed by atoms with E-state index in [1.807, 2.05) is 31.2 Å². The van der Waals surface area contributed by atoms with E-state index in [2.05, 4.69) is 11.9 Å². The summed E-state index contributed by atoms with van der Waals surface area (Å²) in [6.45, 7) is 4.62. The fourth-order valence-corrected chi connectivity index (χ4v) is 5.61. The Balaban J connectivity index is 1.68. The highest BCUT2D eigenvalue weighted by Gasteiger charge is 2.48. The third kappa shape index (κ3) is 4.63. The van der Waals surface area contributed by atoms with E-state index in [1.165, 1.54) is 16.2 Å². The van der Waals surface area contributed by atoms with Gasteiger partial charge < -0.3 is 14.6 Å². The molecule has 1 atom stereocenters. The van der Waals surface area contributed by atoms with Gasteiger partial charge in [0.15, 0.2) is 16.6 Å². The molecule has 7 nitrogen and oxygen atoms in total. The summed E-state index contributed by atoms with van der Waals surface area (Å²) in [4.78, 5) is 33.0. The molecule has 0 spiro atoms. The maximum atomic E-state index is 13.5. The molecule has 194 valence electrons. The minimum Gasteiger partial charge on any atom is -0.507 e. The molecular weight excluding hydrogens is 500 g/mol. The van der Waals surface area contributed by atoms with Crippen molar-refractivity contribution in [1.29, 1.82) is 0 Å². The number of fused-ring (bicyclic) bond motifs is 1. The van der Waals surface area contributed by atoms with Gasteiger partial charge >= 0.3 is 5.91 Å². The zero-order valence-electron chi connectivity index (χ0n) is 21.4. The van der Waals surface area contributed by atoms with E-state index in [0.29, 0.717) is 34.4 Å². The number of aliphatic hydroxyl groups excluding tert-OH is 1. The van der Waals surface area contributed by atoms with Crippen LogP contribution in [-0.4, -0.2) is 35.5 Å². The molecule has 2 heterocycles. The summed E-state index contributed by atoms with van der Waals surface area (Å²) in [6, 6.07) is 19.0. The number of hydrogen-bond donors (Lipinski definition) is 1. The van der Waals surface area contributed by atoms with E-state index < -0.39 is 17.7 Å². The van der Waals surface area contributed by atoms with Crippen LogP contribution < -0.4 is 14.4 Å². The fourth-order valence-electron chi connectivity index (χ4n) is 4.52. The van der Waals surface area contributed by atoms with Crippen molar-refractivity contribution in [3.05, 3.63) is 89.0 Å². The first-order valence-corrected chi connectivity index (χ1v) is 13.3. The molecule has 1 unspecified atom stereocenters. The number of rotatable bonds is 8. The van der Waals surface area contributed by atoms with Gasteiger partial charge in [-0.15, -0.1) is 0 Å². The summed E-state index contributed by atoms with van der Waals surface area (Å²) in [5.74, 6) is -0.709. The Kier molecular flexibility index (Phi) is 7.15. The van der Waals surface area contributed by atoms with Gasteiger partial charge in [-0.2, -0.15) is 0 Å². The lowest BCUT2D eigenvalue weighted by Gasteiger charge is -2.24. The molecule has 1 aromatic heterocycles. The lowest BCUT2D eigenvalue weighted by atomic mass is 9.95. The molecule has 1 amide bonds. The molecule has 1 N–H and O–H groups in total. The number of anilines is 1. The van der Waals surface area contributed by atoms with E-state index in [-0.39, 0.29) is 11.3 Å². The molecule has 1 fully saturated rings. The van der Waals surface area contributed by atoms with Gasteiger partial charge in [-0.25, -0.2) is 4.98 Å². The number of thiazole rings is 1. The van der Waals surface area contributed by atoms with Crippen LogP contribution >= 0.6 is 11.3 Å². The molecule has 4 aromatic rings. The number of ketones is 1. The average molecular weight is 529 g/mol. The summed E-state index contributed by atoms with van der Waals surface area (Å²) in [6.07, 6.45) is 1.90. The second-order valence-corrected chi connectivity index (χ2v) is 10.1. The van der Waals surface area contributed by atoms with E-state index in [1.54, 1.807) is 49.6 Å². The van der Waals surface area contributed by atoms with Gasteiger partial charge in [0.25, 0.3) is 5.78 Å². The third-order valence-electron chi connectivity index (χ3n) is 6.49. The maximum Gasteiger partial charge on any atom is 0.301 e. The van der Waals surface area contributed by atoms with Crippen LogP contribution in [0.1, 0.15) is 42.5 Å². The number of hydrogen-bond acceptors (Lipinski definition) is 7. The van der Waals surface area contributed by atoms with E-state index in [0.717, 1.165) is 28.6 Å². The first kappa shape index (κ1) is 25.5. The SMILES string of the molecule is CCCCOc1ccc(C2C(=C(O)c3ccccc3)C(=O)C(=O)N2c2nc3ccc(C)cc3s2)cc1OC. The molecule has 1 saturated heterocycles. The molecule has 0 saturated carbocycles. The Bertz CT molecular complexity index is 1540. The number of ether oxygens (including phenoxy) is 2. The van der Waals surface area contributed by atoms with Gasteiger partial charge in [0, 0.05) is 5.56 Å². The van der Waals surface area contributed by atoms with Gasteiger partial charge in [-0.1, -0.05) is 67.1 Å². The van der Waals surface area contributed by atoms with Crippen LogP contribution in [0.5, 0.6) is 11.5 Å². The van der Waals surface area contributed by atoms with Gasteiger partial charge in [0.2, 0.25) is 0 Å². The highest BCUT2D eigenvalue weighted by Crippen LogP contribution is 2.45. The quantitative estimate of drug-likeness (QED) is 0.123. The Labute approximate surface area is 225 Å². The lowest BCUT2D eigenvalue weighted by Crippen LogP contribution is -2.29. The van der Waals surface area contributed by atoms with E-state index in [4.69, 9.17) is 9.47 Å². The molecule has 3 aromatic carbocycles. The van der Waals surface area contributed by atoms with Crippen molar-refractivity contribution < 1.29 is 24.2 Å². The fraction of sp³-hybridized carbons (Fsp3) is 0.233. The molecule has 0 radical (unpaired) electrons. The van der Waals surface area contributed by atoms with E-state index in [9.17, 15) is 14.7 Å². The van der Waals surface area contributed by atoms with Crippen molar-refractivity contribution in [3.63, 3.8) is 0 Å². The van der Waals surface area contributed by atoms with Gasteiger partial charge in [-0.3, -0.25) is 14.5 Å². The number of aryl methyl sites for hydroxylation is 1. The number of methoxy groups -OCH3 is 1. The summed E-state index contributed by atoms with van der Waals surface area (Å²) >= 11 is 1.33. The number of carbonyl (C=O) groups excluding carboxylic acids is 2. The molecule has 1 aliphatic rings. The summed E-state index contributed by atoms with van der Waals surface area (Å²) in [5.41, 5.74) is 2.84. The van der Waals surface area contributed by atoms with Gasteiger partial charge in [0.1, 0.15) is 5.76 Å². The highest BCUT2D eigenvalue weighted by molar-refractivity contribution is 7.22. The summed E-state index contributed by atoms with van der Waals surface area (Å²) < 4.78 is 12.4. The number of benzene rings is 3. The van der Waals surface area contributed by atoms with Crippen LogP contribution in [0.25, 0.3) is 16.0 Å². The largest absolute Gasteiger partial charge is 0.507 e. The Morgan fingerprint density at radius 1 is 1.05 bits per heavy atom. The standard InChI is InChI=1S/C30H28N2O5S/c1-4-5-15-37-22-14-12-20(17-23(22)36-3)26-25(27(33)19-9-7-6-8-10-19)28(34)29(35)32(26)30-31-21-13-11-18(2)16-24(21)38-30/h6-14,16-17,26,33H,4-5,15H2,1-3H3. The van der Waals surface area contributed by atoms with Gasteiger partial charge in [0.05, 0.1) is 35.5 Å². The minimum atomic E-state index is -0.907. The van der Waals surface area contributed by atoms with Crippen molar-refractivity contribution in [2.24, 2.45) is 0 Å². The number of amides is 1. The van der Waals surface area contributed by atoms with Gasteiger partial charge in [-0.05, 0) is 48.7 Å². The smallest absolute Gasteiger partial charge is 0.301 e. The van der Waals surface area contributed by atoms with Crippen LogP contribution in [0.4, 0.5) is 5.13 Å². The average Bonchev–Trinajstić information content (AvgIpc) is 3.46. The highest BCUT2D eigenvalue weighted by atomic mass is 32.1. The molecule has 1 aliphatic heterocycles. The monoisotopic (exact) mass is 528 g/mol. The number of unbranched alkanes of at least 4 members (excludes halogenated alkanes) is 1. The molecule has 8 heteroatoms. The molecule has 0 aliphatic carbocycles. The normalized spacial score (nSPS) is 16.8. The first-order valence-electron chi connectivity index (χ1n) is 12.5. The molecule has 0 bridgehead atoms. The lowest BCUT2D eigenvalue weighted by molar-refractivity contribution is -0.132. The van der Waals surface area contributed by atoms with Crippen molar-refractivity contribution in [1.82, 2.24) is 4.98 Å². The second-order valence-electron chi connectivity index (χ2n) is 9.12. The molecular formula is C30H28N2O5S. The zero-order valence-corrected chi connectivity index (χ0v) is 22.2. The predicted octanol–water partition coefficient (Wildman–Crippen LogP) is 6.42. The Morgan fingerprint density at radius 2 is 1.84 bits per heavy atom. The van der Waals surface area contributed by atoms with E-state index >= 15 is 0 Å². The predicted molar refractivity (Wildman–Crippen MR) is 149 cm³/mol. The third-order valence-corrected chi connectivity index (χ3v) is 7.51. The summed E-state index contributed by atoms with van der Waals surface area (Å²) in [5, 5.41) is 11.7. The van der Waals surface area contributed by atoms with Crippen LogP contribution in [0.2, 0.25) is 0 Å². The molecule has 38 heavy (non-hydrogen) atoms. The van der Waals surface area contributed by atoms with Crippen LogP contribution in [-0.2, 0) is 9.59 Å². The van der Waals surface area contributed by atoms with Crippen LogP contribution in [0.15, 0.2) is 72.3 Å². The van der Waals surface area contributed by atoms with Crippen molar-refractivity contribution >= 4 is 44.1 Å². The number of carbonyl (C=O) groups is 2. The second kappa shape index (κ2) is 10.7. The number of nitrogens with zero attached hydrogens (tertiary/aromatic N) is 2. The van der Waals surface area contributed by atoms with Crippen molar-refractivity contribution in [2.45, 2.75) is 32.7 Å². The first-order chi connectivity index (χ1) is 18.4. The zero-order chi connectivity index (χ0) is 26.8. The Morgan fingerprint density at radius 3 is 2.58 bits per heavy atom. The minimum absolute atomic E-state index is 0.00154. The van der Waals surface area contributed by atoms with Crippen LogP contribution in [0.3, 0.4) is 0 Å². The number of Topliss-reactive ketones (excluding diaryl/α,β-unsaturated/α-hetero) is 1. The van der Waals surface area contributed by atoms with Crippen molar-refractivity contribution in [2.75, 3.05) is 18.6 Å².